The summed E-state index contributed by atoms with van der Waals surface area (Å²) in [6.45, 7) is 2.44. The number of carbonyl (C=O) groups excluding carboxylic acids is 3. The maximum atomic E-state index is 13.0. The van der Waals surface area contributed by atoms with Crippen LogP contribution in [-0.4, -0.2) is 55.6 Å². The van der Waals surface area contributed by atoms with Crippen LogP contribution in [-0.2, 0) is 14.4 Å². The van der Waals surface area contributed by atoms with Gasteiger partial charge in [-0.25, -0.2) is 0 Å². The molecule has 0 aliphatic carbocycles. The Morgan fingerprint density at radius 2 is 1.90 bits per heavy atom. The summed E-state index contributed by atoms with van der Waals surface area (Å²) in [5.74, 6) is -0.492. The molecule has 164 valence electrons. The number of para-hydroxylation sites is 2. The number of benzene rings is 2. The summed E-state index contributed by atoms with van der Waals surface area (Å²) in [7, 11) is 1.53. The molecule has 1 saturated heterocycles. The summed E-state index contributed by atoms with van der Waals surface area (Å²) in [5, 5.41) is 2.79. The third kappa shape index (κ3) is 5.38. The summed E-state index contributed by atoms with van der Waals surface area (Å²) in [4.78, 5) is 42.4. The lowest BCUT2D eigenvalue weighted by atomic mass is 10.1. The molecule has 8 heteroatoms. The minimum absolute atomic E-state index is 0.0789. The number of methoxy groups -OCH3 is 1. The molecule has 1 aliphatic heterocycles. The smallest absolute Gasteiger partial charge is 0.244 e. The maximum absolute atomic E-state index is 13.0. The average molecular weight is 442 g/mol. The van der Waals surface area contributed by atoms with E-state index in [9.17, 15) is 14.4 Å². The highest BCUT2D eigenvalue weighted by Gasteiger charge is 2.37. The third-order valence-electron chi connectivity index (χ3n) is 5.27. The van der Waals surface area contributed by atoms with E-state index in [1.54, 1.807) is 34.9 Å². The number of hydrogen-bond donors (Lipinski definition) is 1. The van der Waals surface area contributed by atoms with E-state index in [-0.39, 0.29) is 30.7 Å². The van der Waals surface area contributed by atoms with E-state index in [1.807, 2.05) is 43.5 Å². The molecule has 0 saturated carbocycles. The zero-order valence-electron chi connectivity index (χ0n) is 18.0. The molecule has 0 radical (unpaired) electrons. The van der Waals surface area contributed by atoms with Crippen LogP contribution in [0.3, 0.4) is 0 Å². The highest BCUT2D eigenvalue weighted by molar-refractivity contribution is 7.98. The van der Waals surface area contributed by atoms with Gasteiger partial charge in [-0.1, -0.05) is 12.1 Å². The Bertz CT molecular complexity index is 948. The Morgan fingerprint density at radius 3 is 2.55 bits per heavy atom. The number of anilines is 2. The molecule has 1 N–H and O–H groups in total. The van der Waals surface area contributed by atoms with Crippen molar-refractivity contribution in [1.29, 1.82) is 0 Å². The molecule has 1 atom stereocenters. The van der Waals surface area contributed by atoms with Crippen LogP contribution >= 0.6 is 11.8 Å². The van der Waals surface area contributed by atoms with Crippen molar-refractivity contribution in [3.63, 3.8) is 0 Å². The van der Waals surface area contributed by atoms with E-state index < -0.39 is 5.92 Å². The van der Waals surface area contributed by atoms with Gasteiger partial charge in [-0.05, 0) is 49.6 Å². The first-order chi connectivity index (χ1) is 15.0. The van der Waals surface area contributed by atoms with Gasteiger partial charge in [-0.3, -0.25) is 14.4 Å². The Balaban J connectivity index is 1.63. The second-order valence-electron chi connectivity index (χ2n) is 7.20. The quantitative estimate of drug-likeness (QED) is 0.636. The van der Waals surface area contributed by atoms with Crippen molar-refractivity contribution >= 4 is 40.9 Å². The molecule has 1 fully saturated rings. The normalized spacial score (nSPS) is 15.6. The van der Waals surface area contributed by atoms with Crippen molar-refractivity contribution in [1.82, 2.24) is 4.90 Å². The van der Waals surface area contributed by atoms with Crippen LogP contribution in [0, 0.1) is 5.92 Å². The molecule has 31 heavy (non-hydrogen) atoms. The van der Waals surface area contributed by atoms with Crippen LogP contribution in [0.25, 0.3) is 0 Å². The van der Waals surface area contributed by atoms with Gasteiger partial charge in [0.05, 0.1) is 25.3 Å². The average Bonchev–Trinajstić information content (AvgIpc) is 3.19. The SMILES string of the molecule is CCN(CC(=O)Nc1ccccc1OC)C(=O)C1CC(=O)N(c2ccc(SC)cc2)C1. The molecule has 2 aromatic rings. The molecule has 1 unspecified atom stereocenters. The van der Waals surface area contributed by atoms with Crippen LogP contribution in [0.4, 0.5) is 11.4 Å². The van der Waals surface area contributed by atoms with E-state index in [4.69, 9.17) is 4.74 Å². The predicted molar refractivity (Wildman–Crippen MR) is 123 cm³/mol. The minimum Gasteiger partial charge on any atom is -0.495 e. The summed E-state index contributed by atoms with van der Waals surface area (Å²) in [6.07, 6.45) is 2.14. The van der Waals surface area contributed by atoms with Gasteiger partial charge in [-0.15, -0.1) is 11.8 Å². The molecule has 0 spiro atoms. The maximum Gasteiger partial charge on any atom is 0.244 e. The number of nitrogens with one attached hydrogen (secondary N) is 1. The Labute approximate surface area is 186 Å². The first kappa shape index (κ1) is 22.7. The molecular formula is C23H27N3O4S. The Hall–Kier alpha value is -3.00. The van der Waals surface area contributed by atoms with Crippen molar-refractivity contribution in [3.05, 3.63) is 48.5 Å². The highest BCUT2D eigenvalue weighted by atomic mass is 32.2. The van der Waals surface area contributed by atoms with Crippen LogP contribution in [0.1, 0.15) is 13.3 Å². The predicted octanol–water partition coefficient (Wildman–Crippen LogP) is 3.26. The van der Waals surface area contributed by atoms with Crippen LogP contribution in [0.2, 0.25) is 0 Å². The lowest BCUT2D eigenvalue weighted by Gasteiger charge is -2.24. The lowest BCUT2D eigenvalue weighted by Crippen LogP contribution is -2.42. The van der Waals surface area contributed by atoms with Gasteiger partial charge < -0.3 is 19.9 Å². The van der Waals surface area contributed by atoms with E-state index in [2.05, 4.69) is 5.32 Å². The molecular weight excluding hydrogens is 414 g/mol. The zero-order valence-corrected chi connectivity index (χ0v) is 18.8. The highest BCUT2D eigenvalue weighted by Crippen LogP contribution is 2.28. The molecule has 1 heterocycles. The third-order valence-corrected chi connectivity index (χ3v) is 6.01. The van der Waals surface area contributed by atoms with Gasteiger partial charge in [-0.2, -0.15) is 0 Å². The fourth-order valence-electron chi connectivity index (χ4n) is 3.60. The standard InChI is InChI=1S/C23H27N3O4S/c1-4-25(15-21(27)24-19-7-5-6-8-20(19)30-2)23(29)16-13-22(28)26(14-16)17-9-11-18(31-3)12-10-17/h5-12,16H,4,13-15H2,1-3H3,(H,24,27). The monoisotopic (exact) mass is 441 g/mol. The molecule has 3 amide bonds. The van der Waals surface area contributed by atoms with Gasteiger partial charge >= 0.3 is 0 Å². The van der Waals surface area contributed by atoms with Gasteiger partial charge in [0.25, 0.3) is 0 Å². The Morgan fingerprint density at radius 1 is 1.19 bits per heavy atom. The van der Waals surface area contributed by atoms with E-state index in [1.165, 1.54) is 12.0 Å². The fourth-order valence-corrected chi connectivity index (χ4v) is 4.01. The van der Waals surface area contributed by atoms with Crippen molar-refractivity contribution in [2.24, 2.45) is 5.92 Å². The molecule has 3 rings (SSSR count). The molecule has 7 nitrogen and oxygen atoms in total. The molecule has 0 aromatic heterocycles. The number of hydrogen-bond acceptors (Lipinski definition) is 5. The Kier molecular flexibility index (Phi) is 7.57. The van der Waals surface area contributed by atoms with E-state index in [0.717, 1.165) is 10.6 Å². The van der Waals surface area contributed by atoms with E-state index >= 15 is 0 Å². The fraction of sp³-hybridized carbons (Fsp3) is 0.348. The first-order valence-electron chi connectivity index (χ1n) is 10.1. The lowest BCUT2D eigenvalue weighted by molar-refractivity contribution is -0.138. The summed E-state index contributed by atoms with van der Waals surface area (Å²) in [5.41, 5.74) is 1.34. The molecule has 0 bridgehead atoms. The summed E-state index contributed by atoms with van der Waals surface area (Å²) in [6, 6.07) is 14.8. The van der Waals surface area contributed by atoms with Crippen LogP contribution in [0.5, 0.6) is 5.75 Å². The number of rotatable bonds is 8. The van der Waals surface area contributed by atoms with Crippen LogP contribution < -0.4 is 15.0 Å². The number of amides is 3. The largest absolute Gasteiger partial charge is 0.495 e. The number of nitrogens with zero attached hydrogens (tertiary/aromatic N) is 2. The topological polar surface area (TPSA) is 79.0 Å². The van der Waals surface area contributed by atoms with Gasteiger partial charge in [0, 0.05) is 30.1 Å². The van der Waals surface area contributed by atoms with Gasteiger partial charge in [0.2, 0.25) is 17.7 Å². The van der Waals surface area contributed by atoms with Crippen molar-refractivity contribution in [2.45, 2.75) is 18.2 Å². The number of thioether (sulfide) groups is 1. The summed E-state index contributed by atoms with van der Waals surface area (Å²) < 4.78 is 5.25. The van der Waals surface area contributed by atoms with Crippen LogP contribution in [0.15, 0.2) is 53.4 Å². The van der Waals surface area contributed by atoms with Gasteiger partial charge in [0.15, 0.2) is 0 Å². The first-order valence-corrected chi connectivity index (χ1v) is 11.3. The second kappa shape index (κ2) is 10.3. The van der Waals surface area contributed by atoms with Crippen molar-refractivity contribution in [3.8, 4) is 5.75 Å². The molecule has 1 aliphatic rings. The zero-order chi connectivity index (χ0) is 22.4. The van der Waals surface area contributed by atoms with Crippen molar-refractivity contribution < 1.29 is 19.1 Å². The number of ether oxygens (including phenoxy) is 1. The number of likely N-dealkylation sites (N-methyl/N-ethyl adjacent to an activating group) is 1. The molecule has 2 aromatic carbocycles. The summed E-state index contributed by atoms with van der Waals surface area (Å²) >= 11 is 1.63. The van der Waals surface area contributed by atoms with Crippen molar-refractivity contribution in [2.75, 3.05) is 43.2 Å². The number of carbonyl (C=O) groups is 3. The second-order valence-corrected chi connectivity index (χ2v) is 8.08. The van der Waals surface area contributed by atoms with Gasteiger partial charge in [0.1, 0.15) is 5.75 Å². The van der Waals surface area contributed by atoms with E-state index in [0.29, 0.717) is 24.5 Å². The minimum atomic E-state index is -0.466.